The van der Waals surface area contributed by atoms with E-state index in [4.69, 9.17) is 12.6 Å². The lowest BCUT2D eigenvalue weighted by Gasteiger charge is -2.32. The molecule has 1 aliphatic carbocycles. The molecule has 0 saturated heterocycles. The van der Waals surface area contributed by atoms with Gasteiger partial charge in [0.25, 0.3) is 0 Å². The Balaban J connectivity index is 1.86. The second-order valence-corrected chi connectivity index (χ2v) is 6.63. The fourth-order valence-electron chi connectivity index (χ4n) is 3.49. The standard InChI is InChI=1S/C18H24N2S/c21-15-18(10-6-1-2-7-11-18)14-20-13-12-19-17(20)16-8-4-3-5-9-16/h3-5,8-9,12-13,21H,1-2,6-7,10-11,14-15H2. The van der Waals surface area contributed by atoms with Gasteiger partial charge in [0.05, 0.1) is 0 Å². The van der Waals surface area contributed by atoms with Gasteiger partial charge in [0, 0.05) is 24.5 Å². The molecule has 1 aromatic carbocycles. The molecule has 1 aliphatic rings. The molecule has 2 aromatic rings. The number of thiol groups is 1. The van der Waals surface area contributed by atoms with Crippen LogP contribution in [0.4, 0.5) is 0 Å². The van der Waals surface area contributed by atoms with Gasteiger partial charge in [-0.05, 0) is 24.0 Å². The van der Waals surface area contributed by atoms with E-state index in [2.05, 4.69) is 46.1 Å². The van der Waals surface area contributed by atoms with Crippen molar-refractivity contribution in [3.63, 3.8) is 0 Å². The van der Waals surface area contributed by atoms with Crippen LogP contribution in [0.15, 0.2) is 42.7 Å². The summed E-state index contributed by atoms with van der Waals surface area (Å²) in [6.45, 7) is 1.04. The summed E-state index contributed by atoms with van der Waals surface area (Å²) in [7, 11) is 0. The molecule has 1 heterocycles. The monoisotopic (exact) mass is 300 g/mol. The smallest absolute Gasteiger partial charge is 0.139 e. The fourth-order valence-corrected chi connectivity index (χ4v) is 3.91. The van der Waals surface area contributed by atoms with Crippen molar-refractivity contribution in [1.29, 1.82) is 0 Å². The van der Waals surface area contributed by atoms with Crippen molar-refractivity contribution in [2.45, 2.75) is 45.1 Å². The van der Waals surface area contributed by atoms with Crippen molar-refractivity contribution in [1.82, 2.24) is 9.55 Å². The number of benzene rings is 1. The number of hydrogen-bond acceptors (Lipinski definition) is 2. The lowest BCUT2D eigenvalue weighted by molar-refractivity contribution is 0.242. The van der Waals surface area contributed by atoms with Crippen molar-refractivity contribution >= 4 is 12.6 Å². The minimum atomic E-state index is 0.337. The highest BCUT2D eigenvalue weighted by atomic mass is 32.1. The van der Waals surface area contributed by atoms with E-state index in [9.17, 15) is 0 Å². The minimum Gasteiger partial charge on any atom is -0.330 e. The van der Waals surface area contributed by atoms with Crippen molar-refractivity contribution < 1.29 is 0 Å². The van der Waals surface area contributed by atoms with E-state index >= 15 is 0 Å². The Labute approximate surface area is 133 Å². The van der Waals surface area contributed by atoms with E-state index in [0.717, 1.165) is 18.1 Å². The van der Waals surface area contributed by atoms with Gasteiger partial charge in [0.15, 0.2) is 0 Å². The zero-order chi connectivity index (χ0) is 14.5. The van der Waals surface area contributed by atoms with Gasteiger partial charge >= 0.3 is 0 Å². The van der Waals surface area contributed by atoms with E-state index in [1.807, 2.05) is 6.20 Å². The second-order valence-electron chi connectivity index (χ2n) is 6.32. The van der Waals surface area contributed by atoms with Gasteiger partial charge in [-0.2, -0.15) is 12.6 Å². The highest BCUT2D eigenvalue weighted by molar-refractivity contribution is 7.80. The molecule has 21 heavy (non-hydrogen) atoms. The largest absolute Gasteiger partial charge is 0.330 e. The van der Waals surface area contributed by atoms with E-state index in [-0.39, 0.29) is 0 Å². The molecule has 1 aromatic heterocycles. The average Bonchev–Trinajstić information content (AvgIpc) is 2.86. The maximum atomic E-state index is 4.70. The molecule has 0 N–H and O–H groups in total. The summed E-state index contributed by atoms with van der Waals surface area (Å²) in [6, 6.07) is 10.5. The maximum absolute atomic E-state index is 4.70. The quantitative estimate of drug-likeness (QED) is 0.633. The van der Waals surface area contributed by atoms with E-state index in [1.54, 1.807) is 0 Å². The summed E-state index contributed by atoms with van der Waals surface area (Å²) in [5.41, 5.74) is 1.54. The Morgan fingerprint density at radius 1 is 1.05 bits per heavy atom. The van der Waals surface area contributed by atoms with Crippen LogP contribution in [0.3, 0.4) is 0 Å². The molecule has 3 heteroatoms. The minimum absolute atomic E-state index is 0.337. The summed E-state index contributed by atoms with van der Waals surface area (Å²) in [6.07, 6.45) is 12.1. The van der Waals surface area contributed by atoms with Crippen LogP contribution in [-0.4, -0.2) is 15.3 Å². The van der Waals surface area contributed by atoms with E-state index in [1.165, 1.54) is 44.1 Å². The van der Waals surface area contributed by atoms with Crippen LogP contribution in [0.5, 0.6) is 0 Å². The molecule has 0 amide bonds. The lowest BCUT2D eigenvalue weighted by atomic mass is 9.82. The zero-order valence-electron chi connectivity index (χ0n) is 12.5. The molecular weight excluding hydrogens is 276 g/mol. The van der Waals surface area contributed by atoms with Crippen molar-refractivity contribution in [3.8, 4) is 11.4 Å². The molecule has 0 spiro atoms. The van der Waals surface area contributed by atoms with Crippen LogP contribution < -0.4 is 0 Å². The molecule has 0 unspecified atom stereocenters. The van der Waals surface area contributed by atoms with Gasteiger partial charge in [-0.25, -0.2) is 4.98 Å². The Morgan fingerprint density at radius 2 is 1.76 bits per heavy atom. The van der Waals surface area contributed by atoms with Gasteiger partial charge in [0.2, 0.25) is 0 Å². The number of rotatable bonds is 4. The second kappa shape index (κ2) is 6.69. The Kier molecular flexibility index (Phi) is 4.69. The first-order valence-electron chi connectivity index (χ1n) is 8.00. The number of hydrogen-bond donors (Lipinski definition) is 1. The summed E-state index contributed by atoms with van der Waals surface area (Å²) >= 11 is 4.70. The van der Waals surface area contributed by atoms with Crippen LogP contribution in [0.25, 0.3) is 11.4 Å². The third kappa shape index (κ3) is 3.34. The van der Waals surface area contributed by atoms with E-state index in [0.29, 0.717) is 5.41 Å². The molecule has 2 nitrogen and oxygen atoms in total. The molecule has 1 fully saturated rings. The van der Waals surface area contributed by atoms with Crippen molar-refractivity contribution in [2.75, 3.05) is 5.75 Å². The highest BCUT2D eigenvalue weighted by Crippen LogP contribution is 2.38. The van der Waals surface area contributed by atoms with Crippen LogP contribution in [0, 0.1) is 5.41 Å². The Bertz CT molecular complexity index is 554. The Hall–Kier alpha value is -1.22. The molecule has 112 valence electrons. The summed E-state index contributed by atoms with van der Waals surface area (Å²) in [5.74, 6) is 2.06. The lowest BCUT2D eigenvalue weighted by Crippen LogP contribution is -2.28. The number of aromatic nitrogens is 2. The van der Waals surface area contributed by atoms with Gasteiger partial charge in [0.1, 0.15) is 5.82 Å². The normalized spacial score (nSPS) is 18.3. The van der Waals surface area contributed by atoms with Crippen LogP contribution >= 0.6 is 12.6 Å². The SMILES string of the molecule is SCC1(Cn2ccnc2-c2ccccc2)CCCCCC1. The third-order valence-corrected chi connectivity index (χ3v) is 5.42. The highest BCUT2D eigenvalue weighted by Gasteiger charge is 2.30. The fraction of sp³-hybridized carbons (Fsp3) is 0.500. The van der Waals surface area contributed by atoms with Gasteiger partial charge in [-0.3, -0.25) is 0 Å². The summed E-state index contributed by atoms with van der Waals surface area (Å²) in [5, 5.41) is 0. The first-order chi connectivity index (χ1) is 10.3. The topological polar surface area (TPSA) is 17.8 Å². The number of imidazole rings is 1. The first-order valence-corrected chi connectivity index (χ1v) is 8.64. The molecule has 0 bridgehead atoms. The molecule has 0 atom stereocenters. The van der Waals surface area contributed by atoms with Crippen molar-refractivity contribution in [3.05, 3.63) is 42.7 Å². The Morgan fingerprint density at radius 3 is 2.43 bits per heavy atom. The summed E-state index contributed by atoms with van der Waals surface area (Å²) < 4.78 is 2.33. The predicted molar refractivity (Wildman–Crippen MR) is 91.7 cm³/mol. The molecule has 0 aliphatic heterocycles. The van der Waals surface area contributed by atoms with Crippen LogP contribution in [0.1, 0.15) is 38.5 Å². The number of nitrogens with zero attached hydrogens (tertiary/aromatic N) is 2. The third-order valence-electron chi connectivity index (χ3n) is 4.75. The predicted octanol–water partition coefficient (Wildman–Crippen LogP) is 4.82. The van der Waals surface area contributed by atoms with Gasteiger partial charge in [-0.1, -0.05) is 56.0 Å². The van der Waals surface area contributed by atoms with Crippen molar-refractivity contribution in [2.24, 2.45) is 5.41 Å². The van der Waals surface area contributed by atoms with Gasteiger partial charge in [-0.15, -0.1) is 0 Å². The molecule has 3 rings (SSSR count). The molecular formula is C18H24N2S. The molecule has 0 radical (unpaired) electrons. The first kappa shape index (κ1) is 14.7. The summed E-state index contributed by atoms with van der Waals surface area (Å²) in [4.78, 5) is 4.58. The van der Waals surface area contributed by atoms with Crippen LogP contribution in [-0.2, 0) is 6.54 Å². The maximum Gasteiger partial charge on any atom is 0.139 e. The van der Waals surface area contributed by atoms with Gasteiger partial charge < -0.3 is 4.57 Å². The molecule has 1 saturated carbocycles. The van der Waals surface area contributed by atoms with Crippen LogP contribution in [0.2, 0.25) is 0 Å². The zero-order valence-corrected chi connectivity index (χ0v) is 13.4. The van der Waals surface area contributed by atoms with E-state index < -0.39 is 0 Å². The average molecular weight is 300 g/mol.